The van der Waals surface area contributed by atoms with Crippen molar-refractivity contribution in [3.8, 4) is 11.3 Å². The number of hydrogen-bond donors (Lipinski definition) is 0. The van der Waals surface area contributed by atoms with Crippen molar-refractivity contribution < 1.29 is 4.39 Å². The molecule has 6 heteroatoms. The van der Waals surface area contributed by atoms with Gasteiger partial charge in [0.2, 0.25) is 0 Å². The van der Waals surface area contributed by atoms with Gasteiger partial charge in [0.25, 0.3) is 0 Å². The maximum Gasteiger partial charge on any atom is 0.123 e. The lowest BCUT2D eigenvalue weighted by atomic mass is 10.1. The van der Waals surface area contributed by atoms with Crippen molar-refractivity contribution in [3.63, 3.8) is 0 Å². The predicted octanol–water partition coefficient (Wildman–Crippen LogP) is 5.48. The van der Waals surface area contributed by atoms with Crippen LogP contribution in [0.4, 0.5) is 4.39 Å². The average molecular weight is 370 g/mol. The molecule has 0 fully saturated rings. The van der Waals surface area contributed by atoms with Gasteiger partial charge in [0.05, 0.1) is 11.2 Å². The van der Waals surface area contributed by atoms with E-state index in [0.29, 0.717) is 0 Å². The number of rotatable bonds is 4. The molecule has 2 aromatic carbocycles. The summed E-state index contributed by atoms with van der Waals surface area (Å²) in [4.78, 5) is 4.47. The van der Waals surface area contributed by atoms with Gasteiger partial charge in [0.1, 0.15) is 10.8 Å². The highest BCUT2D eigenvalue weighted by atomic mass is 35.5. The number of halogens is 2. The minimum absolute atomic E-state index is 0.259. The first-order chi connectivity index (χ1) is 12.2. The SMILES string of the molecule is Fc1ccc(-c2cc3c(SCc4ccccc4Cl)nccn3n2)cc1. The van der Waals surface area contributed by atoms with Crippen molar-refractivity contribution in [1.29, 1.82) is 0 Å². The molecule has 25 heavy (non-hydrogen) atoms. The molecular weight excluding hydrogens is 357 g/mol. The number of aromatic nitrogens is 3. The summed E-state index contributed by atoms with van der Waals surface area (Å²) in [6, 6.07) is 16.1. The van der Waals surface area contributed by atoms with E-state index >= 15 is 0 Å². The monoisotopic (exact) mass is 369 g/mol. The third-order valence-electron chi connectivity index (χ3n) is 3.82. The molecule has 0 radical (unpaired) electrons. The Kier molecular flexibility index (Phi) is 4.42. The second-order valence-electron chi connectivity index (χ2n) is 5.48. The number of thioether (sulfide) groups is 1. The molecule has 0 atom stereocenters. The first kappa shape index (κ1) is 16.1. The van der Waals surface area contributed by atoms with Gasteiger partial charge in [-0.15, -0.1) is 0 Å². The minimum Gasteiger partial charge on any atom is -0.246 e. The first-order valence-corrected chi connectivity index (χ1v) is 9.03. The molecule has 0 spiro atoms. The van der Waals surface area contributed by atoms with Crippen LogP contribution in [0.25, 0.3) is 16.8 Å². The van der Waals surface area contributed by atoms with Crippen LogP contribution in [0.1, 0.15) is 5.56 Å². The van der Waals surface area contributed by atoms with Crippen LogP contribution in [-0.4, -0.2) is 14.6 Å². The Morgan fingerprint density at radius 1 is 1.08 bits per heavy atom. The Bertz CT molecular complexity index is 1030. The first-order valence-electron chi connectivity index (χ1n) is 7.67. The summed E-state index contributed by atoms with van der Waals surface area (Å²) in [6.07, 6.45) is 3.53. The smallest absolute Gasteiger partial charge is 0.123 e. The molecule has 0 aliphatic heterocycles. The van der Waals surface area contributed by atoms with E-state index in [1.54, 1.807) is 34.6 Å². The lowest BCUT2D eigenvalue weighted by Crippen LogP contribution is -1.91. The largest absolute Gasteiger partial charge is 0.246 e. The van der Waals surface area contributed by atoms with E-state index in [2.05, 4.69) is 10.1 Å². The molecule has 0 saturated carbocycles. The zero-order chi connectivity index (χ0) is 17.2. The normalized spacial score (nSPS) is 11.1. The van der Waals surface area contributed by atoms with Gasteiger partial charge in [-0.3, -0.25) is 0 Å². The molecule has 0 unspecified atom stereocenters. The van der Waals surface area contributed by atoms with Crippen molar-refractivity contribution in [2.75, 3.05) is 0 Å². The second kappa shape index (κ2) is 6.86. The standard InChI is InChI=1S/C19H13ClFN3S/c20-16-4-2-1-3-14(16)12-25-19-18-11-17(23-24(18)10-9-22-19)13-5-7-15(21)8-6-13/h1-11H,12H2. The highest BCUT2D eigenvalue weighted by Crippen LogP contribution is 2.30. The van der Waals surface area contributed by atoms with E-state index in [1.165, 1.54) is 12.1 Å². The molecule has 0 bridgehead atoms. The van der Waals surface area contributed by atoms with E-state index < -0.39 is 0 Å². The minimum atomic E-state index is -0.259. The van der Waals surface area contributed by atoms with Gasteiger partial charge in [0.15, 0.2) is 0 Å². The van der Waals surface area contributed by atoms with Crippen molar-refractivity contribution in [2.24, 2.45) is 0 Å². The summed E-state index contributed by atoms with van der Waals surface area (Å²) in [7, 11) is 0. The Labute approximate surface area is 153 Å². The van der Waals surface area contributed by atoms with Crippen LogP contribution in [-0.2, 0) is 5.75 Å². The lowest BCUT2D eigenvalue weighted by Gasteiger charge is -2.04. The fourth-order valence-corrected chi connectivity index (χ4v) is 3.79. The van der Waals surface area contributed by atoms with E-state index in [-0.39, 0.29) is 5.82 Å². The summed E-state index contributed by atoms with van der Waals surface area (Å²) >= 11 is 7.84. The molecule has 0 aliphatic carbocycles. The van der Waals surface area contributed by atoms with Crippen LogP contribution in [0.5, 0.6) is 0 Å². The number of nitrogens with zero attached hydrogens (tertiary/aromatic N) is 3. The van der Waals surface area contributed by atoms with E-state index in [0.717, 1.165) is 38.1 Å². The molecule has 0 aliphatic rings. The van der Waals surface area contributed by atoms with Gasteiger partial charge in [-0.2, -0.15) is 5.10 Å². The molecule has 4 rings (SSSR count). The van der Waals surface area contributed by atoms with Crippen LogP contribution in [0.15, 0.2) is 72.0 Å². The van der Waals surface area contributed by atoms with Crippen LogP contribution >= 0.6 is 23.4 Å². The van der Waals surface area contributed by atoms with Crippen molar-refractivity contribution in [1.82, 2.24) is 14.6 Å². The van der Waals surface area contributed by atoms with Gasteiger partial charge in [-0.05, 0) is 42.0 Å². The van der Waals surface area contributed by atoms with Gasteiger partial charge in [-0.1, -0.05) is 41.6 Å². The lowest BCUT2D eigenvalue weighted by molar-refractivity contribution is 0.628. The summed E-state index contributed by atoms with van der Waals surface area (Å²) in [6.45, 7) is 0. The van der Waals surface area contributed by atoms with Crippen LogP contribution in [0.3, 0.4) is 0 Å². The maximum absolute atomic E-state index is 13.1. The van der Waals surface area contributed by atoms with Gasteiger partial charge in [-0.25, -0.2) is 13.9 Å². The van der Waals surface area contributed by atoms with Crippen molar-refractivity contribution >= 4 is 28.9 Å². The van der Waals surface area contributed by atoms with Crippen LogP contribution in [0, 0.1) is 5.82 Å². The third kappa shape index (κ3) is 3.38. The topological polar surface area (TPSA) is 30.2 Å². The molecule has 2 aromatic heterocycles. The number of fused-ring (bicyclic) bond motifs is 1. The van der Waals surface area contributed by atoms with Crippen LogP contribution in [0.2, 0.25) is 5.02 Å². The quantitative estimate of drug-likeness (QED) is 0.446. The van der Waals surface area contributed by atoms with E-state index in [1.807, 2.05) is 36.5 Å². The van der Waals surface area contributed by atoms with Gasteiger partial charge >= 0.3 is 0 Å². The summed E-state index contributed by atoms with van der Waals surface area (Å²) in [5, 5.41) is 6.19. The zero-order valence-electron chi connectivity index (χ0n) is 13.1. The van der Waals surface area contributed by atoms with Crippen molar-refractivity contribution in [2.45, 2.75) is 10.8 Å². The van der Waals surface area contributed by atoms with E-state index in [4.69, 9.17) is 11.6 Å². The molecule has 0 N–H and O–H groups in total. The molecule has 0 amide bonds. The highest BCUT2D eigenvalue weighted by molar-refractivity contribution is 7.98. The fourth-order valence-electron chi connectivity index (χ4n) is 2.53. The Morgan fingerprint density at radius 3 is 2.68 bits per heavy atom. The summed E-state index contributed by atoms with van der Waals surface area (Å²) in [5.74, 6) is 0.466. The molecule has 3 nitrogen and oxygen atoms in total. The average Bonchev–Trinajstić information content (AvgIpc) is 3.06. The molecule has 0 saturated heterocycles. The number of benzene rings is 2. The van der Waals surface area contributed by atoms with Gasteiger partial charge < -0.3 is 0 Å². The van der Waals surface area contributed by atoms with E-state index in [9.17, 15) is 4.39 Å². The third-order valence-corrected chi connectivity index (χ3v) is 5.23. The molecule has 2 heterocycles. The van der Waals surface area contributed by atoms with Crippen LogP contribution < -0.4 is 0 Å². The summed E-state index contributed by atoms with van der Waals surface area (Å²) in [5.41, 5.74) is 3.63. The number of hydrogen-bond acceptors (Lipinski definition) is 3. The van der Waals surface area contributed by atoms with Gasteiger partial charge in [0, 0.05) is 28.7 Å². The second-order valence-corrected chi connectivity index (χ2v) is 6.85. The summed E-state index contributed by atoms with van der Waals surface area (Å²) < 4.78 is 14.9. The highest BCUT2D eigenvalue weighted by Gasteiger charge is 2.10. The van der Waals surface area contributed by atoms with Crippen molar-refractivity contribution in [3.05, 3.63) is 83.4 Å². The zero-order valence-corrected chi connectivity index (χ0v) is 14.6. The fraction of sp³-hybridized carbons (Fsp3) is 0.0526. The molecule has 124 valence electrons. The molecule has 4 aromatic rings. The molecular formula is C19H13ClFN3S. The Morgan fingerprint density at radius 2 is 1.88 bits per heavy atom. The maximum atomic E-state index is 13.1. The Balaban J connectivity index is 1.66. The predicted molar refractivity (Wildman–Crippen MR) is 99.4 cm³/mol. The Hall–Kier alpha value is -2.37.